The van der Waals surface area contributed by atoms with Crippen LogP contribution in [0.1, 0.15) is 32.6 Å². The van der Waals surface area contributed by atoms with Crippen molar-refractivity contribution in [3.8, 4) is 0 Å². The number of rotatable bonds is 7. The maximum Gasteiger partial charge on any atom is 0.223 e. The van der Waals surface area contributed by atoms with E-state index < -0.39 is 0 Å². The Kier molecular flexibility index (Phi) is 6.52. The number of hydrogen-bond donors (Lipinski definition) is 1. The van der Waals surface area contributed by atoms with E-state index in [0.29, 0.717) is 13.0 Å². The van der Waals surface area contributed by atoms with Crippen LogP contribution in [-0.2, 0) is 4.79 Å². The topological polar surface area (TPSA) is 49.6 Å². The fourth-order valence-corrected chi connectivity index (χ4v) is 2.35. The van der Waals surface area contributed by atoms with Crippen LogP contribution in [0.5, 0.6) is 0 Å². The molecule has 0 saturated carbocycles. The minimum atomic E-state index is 0.249. The molecule has 0 aliphatic carbocycles. The lowest BCUT2D eigenvalue weighted by Gasteiger charge is -2.19. The first-order chi connectivity index (χ1) is 8.17. The van der Waals surface area contributed by atoms with Gasteiger partial charge >= 0.3 is 0 Å². The lowest BCUT2D eigenvalue weighted by atomic mass is 10.1. The summed E-state index contributed by atoms with van der Waals surface area (Å²) in [7, 11) is 1.87. The van der Waals surface area contributed by atoms with Crippen molar-refractivity contribution in [1.29, 1.82) is 0 Å². The molecule has 17 heavy (non-hydrogen) atoms. The molecule has 1 aliphatic rings. The van der Waals surface area contributed by atoms with E-state index in [-0.39, 0.29) is 5.91 Å². The van der Waals surface area contributed by atoms with Crippen LogP contribution in [0.4, 0.5) is 0 Å². The van der Waals surface area contributed by atoms with Crippen molar-refractivity contribution in [2.75, 3.05) is 39.8 Å². The van der Waals surface area contributed by atoms with Crippen LogP contribution < -0.4 is 5.73 Å². The van der Waals surface area contributed by atoms with Gasteiger partial charge in [-0.05, 0) is 31.8 Å². The third-order valence-electron chi connectivity index (χ3n) is 3.71. The number of nitrogens with two attached hydrogens (primary N) is 1. The van der Waals surface area contributed by atoms with Crippen molar-refractivity contribution in [1.82, 2.24) is 9.80 Å². The number of carbonyl (C=O) groups is 1. The standard InChI is InChI=1S/C13H27N3O/c1-3-12-5-9-16(11-12)10-6-13(17)15(2)8-4-7-14/h12H,3-11,14H2,1-2H3. The predicted octanol–water partition coefficient (Wildman–Crippen LogP) is 0.916. The van der Waals surface area contributed by atoms with Gasteiger partial charge in [-0.3, -0.25) is 4.79 Å². The summed E-state index contributed by atoms with van der Waals surface area (Å²) in [6.45, 7) is 6.95. The fraction of sp³-hybridized carbons (Fsp3) is 0.923. The minimum absolute atomic E-state index is 0.249. The summed E-state index contributed by atoms with van der Waals surface area (Å²) in [5.41, 5.74) is 5.43. The first kappa shape index (κ1) is 14.5. The molecule has 1 unspecified atom stereocenters. The Labute approximate surface area is 105 Å². The second-order valence-electron chi connectivity index (χ2n) is 5.07. The second-order valence-corrected chi connectivity index (χ2v) is 5.07. The van der Waals surface area contributed by atoms with Gasteiger partial charge in [-0.15, -0.1) is 0 Å². The molecule has 100 valence electrons. The smallest absolute Gasteiger partial charge is 0.223 e. The zero-order valence-electron chi connectivity index (χ0n) is 11.3. The highest BCUT2D eigenvalue weighted by Crippen LogP contribution is 2.18. The molecule has 4 nitrogen and oxygen atoms in total. The monoisotopic (exact) mass is 241 g/mol. The Hall–Kier alpha value is -0.610. The van der Waals surface area contributed by atoms with Gasteiger partial charge in [0.2, 0.25) is 5.91 Å². The maximum absolute atomic E-state index is 11.8. The van der Waals surface area contributed by atoms with Gasteiger partial charge in [0.15, 0.2) is 0 Å². The molecule has 0 aromatic heterocycles. The van der Waals surface area contributed by atoms with Crippen molar-refractivity contribution in [2.45, 2.75) is 32.6 Å². The van der Waals surface area contributed by atoms with E-state index in [1.807, 2.05) is 7.05 Å². The molecule has 0 aromatic carbocycles. The average molecular weight is 241 g/mol. The lowest BCUT2D eigenvalue weighted by molar-refractivity contribution is -0.130. The molecule has 0 radical (unpaired) electrons. The normalized spacial score (nSPS) is 20.8. The van der Waals surface area contributed by atoms with Gasteiger partial charge in [0.05, 0.1) is 0 Å². The summed E-state index contributed by atoms with van der Waals surface area (Å²) < 4.78 is 0. The van der Waals surface area contributed by atoms with E-state index in [1.165, 1.54) is 19.4 Å². The summed E-state index contributed by atoms with van der Waals surface area (Å²) >= 11 is 0. The van der Waals surface area contributed by atoms with Crippen LogP contribution in [0, 0.1) is 5.92 Å². The van der Waals surface area contributed by atoms with E-state index in [1.54, 1.807) is 4.90 Å². The Morgan fingerprint density at radius 2 is 2.29 bits per heavy atom. The average Bonchev–Trinajstić information content (AvgIpc) is 2.80. The highest BCUT2D eigenvalue weighted by molar-refractivity contribution is 5.76. The van der Waals surface area contributed by atoms with Gasteiger partial charge in [-0.1, -0.05) is 13.3 Å². The summed E-state index contributed by atoms with van der Waals surface area (Å²) in [6, 6.07) is 0. The van der Waals surface area contributed by atoms with Crippen molar-refractivity contribution < 1.29 is 4.79 Å². The van der Waals surface area contributed by atoms with Crippen molar-refractivity contribution in [3.05, 3.63) is 0 Å². The molecule has 1 atom stereocenters. The molecule has 0 aromatic rings. The van der Waals surface area contributed by atoms with E-state index in [0.717, 1.165) is 32.0 Å². The first-order valence-electron chi connectivity index (χ1n) is 6.83. The van der Waals surface area contributed by atoms with Gasteiger partial charge in [0.1, 0.15) is 0 Å². The van der Waals surface area contributed by atoms with Gasteiger partial charge in [0, 0.05) is 33.1 Å². The van der Waals surface area contributed by atoms with Crippen molar-refractivity contribution in [2.24, 2.45) is 11.7 Å². The Bertz CT molecular complexity index is 233. The van der Waals surface area contributed by atoms with Crippen LogP contribution in [-0.4, -0.2) is 55.5 Å². The quantitative estimate of drug-likeness (QED) is 0.721. The Morgan fingerprint density at radius 1 is 1.53 bits per heavy atom. The van der Waals surface area contributed by atoms with Crippen LogP contribution in [0.15, 0.2) is 0 Å². The SMILES string of the molecule is CCC1CCN(CCC(=O)N(C)CCCN)C1. The third kappa shape index (κ3) is 5.04. The highest BCUT2D eigenvalue weighted by Gasteiger charge is 2.21. The highest BCUT2D eigenvalue weighted by atomic mass is 16.2. The molecular weight excluding hydrogens is 214 g/mol. The molecule has 1 amide bonds. The minimum Gasteiger partial charge on any atom is -0.346 e. The first-order valence-corrected chi connectivity index (χ1v) is 6.83. The zero-order valence-corrected chi connectivity index (χ0v) is 11.3. The maximum atomic E-state index is 11.8. The van der Waals surface area contributed by atoms with E-state index in [4.69, 9.17) is 5.73 Å². The van der Waals surface area contributed by atoms with Gasteiger partial charge < -0.3 is 15.5 Å². The number of hydrogen-bond acceptors (Lipinski definition) is 3. The van der Waals surface area contributed by atoms with Crippen molar-refractivity contribution in [3.63, 3.8) is 0 Å². The molecule has 1 heterocycles. The Balaban J connectivity index is 2.15. The summed E-state index contributed by atoms with van der Waals surface area (Å²) in [5, 5.41) is 0. The molecule has 1 saturated heterocycles. The molecule has 1 fully saturated rings. The van der Waals surface area contributed by atoms with Crippen LogP contribution in [0.2, 0.25) is 0 Å². The van der Waals surface area contributed by atoms with Gasteiger partial charge in [0.25, 0.3) is 0 Å². The number of likely N-dealkylation sites (tertiary alicyclic amines) is 1. The van der Waals surface area contributed by atoms with Gasteiger partial charge in [-0.2, -0.15) is 0 Å². The van der Waals surface area contributed by atoms with Crippen LogP contribution in [0.3, 0.4) is 0 Å². The number of carbonyl (C=O) groups excluding carboxylic acids is 1. The number of amides is 1. The fourth-order valence-electron chi connectivity index (χ4n) is 2.35. The van der Waals surface area contributed by atoms with E-state index >= 15 is 0 Å². The summed E-state index contributed by atoms with van der Waals surface area (Å²) in [5.74, 6) is 1.10. The predicted molar refractivity (Wildman–Crippen MR) is 70.8 cm³/mol. The largest absolute Gasteiger partial charge is 0.346 e. The Morgan fingerprint density at radius 3 is 2.88 bits per heavy atom. The molecule has 4 heteroatoms. The molecule has 0 bridgehead atoms. The number of nitrogens with zero attached hydrogens (tertiary/aromatic N) is 2. The summed E-state index contributed by atoms with van der Waals surface area (Å²) in [4.78, 5) is 16.0. The third-order valence-corrected chi connectivity index (χ3v) is 3.71. The molecule has 0 spiro atoms. The molecule has 1 aliphatic heterocycles. The molecular formula is C13H27N3O. The second kappa shape index (κ2) is 7.67. The molecule has 1 rings (SSSR count). The zero-order chi connectivity index (χ0) is 12.7. The lowest BCUT2D eigenvalue weighted by Crippen LogP contribution is -2.32. The molecule has 2 N–H and O–H groups in total. The van der Waals surface area contributed by atoms with Crippen LogP contribution >= 0.6 is 0 Å². The van der Waals surface area contributed by atoms with E-state index in [2.05, 4.69) is 11.8 Å². The van der Waals surface area contributed by atoms with E-state index in [9.17, 15) is 4.79 Å². The summed E-state index contributed by atoms with van der Waals surface area (Å²) in [6.07, 6.45) is 4.11. The van der Waals surface area contributed by atoms with Crippen LogP contribution in [0.25, 0.3) is 0 Å². The van der Waals surface area contributed by atoms with Crippen molar-refractivity contribution >= 4 is 5.91 Å². The van der Waals surface area contributed by atoms with Gasteiger partial charge in [-0.25, -0.2) is 0 Å².